The third kappa shape index (κ3) is 5.02. The quantitative estimate of drug-likeness (QED) is 0.810. The van der Waals surface area contributed by atoms with Crippen LogP contribution < -0.4 is 10.1 Å². The average Bonchev–Trinajstić information content (AvgIpc) is 2.65. The van der Waals surface area contributed by atoms with Crippen molar-refractivity contribution in [2.75, 3.05) is 6.61 Å². The van der Waals surface area contributed by atoms with E-state index in [1.165, 1.54) is 36.1 Å². The summed E-state index contributed by atoms with van der Waals surface area (Å²) in [7, 11) is 0. The van der Waals surface area contributed by atoms with Gasteiger partial charge in [-0.1, -0.05) is 24.3 Å². The standard InChI is InChI=1S/C21H22F3NO2/c1-14(16-10-9-15-5-2-3-6-17(15)11-16)25-20(26)13-27-19-8-4-7-18(12-19)21(22,23)24/h4,7-12,14H,2-3,5-6,13H2,1H3,(H,25,26)/t14-/m0/s1. The van der Waals surface area contributed by atoms with Crippen LogP contribution in [0.4, 0.5) is 13.2 Å². The molecule has 1 amide bonds. The first-order valence-electron chi connectivity index (χ1n) is 9.04. The lowest BCUT2D eigenvalue weighted by atomic mass is 9.89. The van der Waals surface area contributed by atoms with Crippen molar-refractivity contribution in [3.63, 3.8) is 0 Å². The van der Waals surface area contributed by atoms with Gasteiger partial charge in [0.15, 0.2) is 6.61 Å². The molecule has 144 valence electrons. The van der Waals surface area contributed by atoms with Crippen molar-refractivity contribution in [1.29, 1.82) is 0 Å². The Kier molecular flexibility index (Phi) is 5.73. The van der Waals surface area contributed by atoms with Crippen LogP contribution in [0.15, 0.2) is 42.5 Å². The number of carbonyl (C=O) groups is 1. The number of aryl methyl sites for hydroxylation is 2. The third-order valence-corrected chi connectivity index (χ3v) is 4.78. The number of hydrogen-bond acceptors (Lipinski definition) is 2. The molecule has 0 saturated carbocycles. The molecule has 0 radical (unpaired) electrons. The van der Waals surface area contributed by atoms with E-state index in [-0.39, 0.29) is 24.3 Å². The van der Waals surface area contributed by atoms with Crippen molar-refractivity contribution in [2.45, 2.75) is 44.8 Å². The maximum atomic E-state index is 12.7. The van der Waals surface area contributed by atoms with Crippen LogP contribution in [0.2, 0.25) is 0 Å². The van der Waals surface area contributed by atoms with Gasteiger partial charge in [-0.05, 0) is 67.5 Å². The van der Waals surface area contributed by atoms with Crippen LogP contribution in [0.3, 0.4) is 0 Å². The largest absolute Gasteiger partial charge is 0.484 e. The molecule has 0 fully saturated rings. The number of ether oxygens (including phenoxy) is 1. The summed E-state index contributed by atoms with van der Waals surface area (Å²) in [6.45, 7) is 1.54. The first-order chi connectivity index (χ1) is 12.8. The molecule has 3 nitrogen and oxygen atoms in total. The SMILES string of the molecule is C[C@H](NC(=O)COc1cccc(C(F)(F)F)c1)c1ccc2c(c1)CCCC2. The van der Waals surface area contributed by atoms with Crippen molar-refractivity contribution in [2.24, 2.45) is 0 Å². The van der Waals surface area contributed by atoms with Gasteiger partial charge in [-0.25, -0.2) is 0 Å². The molecule has 1 N–H and O–H groups in total. The Hall–Kier alpha value is -2.50. The number of alkyl halides is 3. The Morgan fingerprint density at radius 1 is 1.11 bits per heavy atom. The summed E-state index contributed by atoms with van der Waals surface area (Å²) < 4.78 is 43.4. The van der Waals surface area contributed by atoms with E-state index in [1.54, 1.807) is 0 Å². The van der Waals surface area contributed by atoms with Crippen molar-refractivity contribution in [3.8, 4) is 5.75 Å². The summed E-state index contributed by atoms with van der Waals surface area (Å²) in [6.07, 6.45) is 0.111. The zero-order chi connectivity index (χ0) is 19.4. The Balaban J connectivity index is 1.56. The van der Waals surface area contributed by atoms with E-state index < -0.39 is 11.7 Å². The fraction of sp³-hybridized carbons (Fsp3) is 0.381. The van der Waals surface area contributed by atoms with Crippen molar-refractivity contribution in [3.05, 3.63) is 64.7 Å². The highest BCUT2D eigenvalue weighted by molar-refractivity contribution is 5.78. The maximum Gasteiger partial charge on any atom is 0.416 e. The molecule has 0 heterocycles. The predicted molar refractivity (Wildman–Crippen MR) is 96.6 cm³/mol. The summed E-state index contributed by atoms with van der Waals surface area (Å²) in [5.41, 5.74) is 2.92. The van der Waals surface area contributed by atoms with Gasteiger partial charge in [-0.3, -0.25) is 4.79 Å². The van der Waals surface area contributed by atoms with Gasteiger partial charge in [0, 0.05) is 0 Å². The third-order valence-electron chi connectivity index (χ3n) is 4.78. The fourth-order valence-corrected chi connectivity index (χ4v) is 3.30. The molecule has 0 unspecified atom stereocenters. The molecule has 2 aromatic carbocycles. The predicted octanol–water partition coefficient (Wildman–Crippen LogP) is 4.84. The normalized spacial score (nSPS) is 15.0. The van der Waals surface area contributed by atoms with Crippen LogP contribution in [-0.4, -0.2) is 12.5 Å². The van der Waals surface area contributed by atoms with E-state index in [0.717, 1.165) is 30.5 Å². The maximum absolute atomic E-state index is 12.7. The summed E-state index contributed by atoms with van der Waals surface area (Å²) >= 11 is 0. The minimum atomic E-state index is -4.44. The molecule has 27 heavy (non-hydrogen) atoms. The minimum absolute atomic E-state index is 0.0152. The molecule has 1 aliphatic carbocycles. The topological polar surface area (TPSA) is 38.3 Å². The first kappa shape index (κ1) is 19.3. The van der Waals surface area contributed by atoms with Crippen molar-refractivity contribution < 1.29 is 22.7 Å². The van der Waals surface area contributed by atoms with E-state index in [0.29, 0.717) is 0 Å². The molecule has 0 aromatic heterocycles. The summed E-state index contributed by atoms with van der Waals surface area (Å²) in [6, 6.07) is 10.6. The first-order valence-corrected chi connectivity index (χ1v) is 9.04. The van der Waals surface area contributed by atoms with Crippen molar-refractivity contribution >= 4 is 5.91 Å². The monoisotopic (exact) mass is 377 g/mol. The smallest absolute Gasteiger partial charge is 0.416 e. The second-order valence-corrected chi connectivity index (χ2v) is 6.84. The van der Waals surface area contributed by atoms with Gasteiger partial charge in [0.2, 0.25) is 0 Å². The van der Waals surface area contributed by atoms with E-state index >= 15 is 0 Å². The molecule has 0 spiro atoms. The molecular weight excluding hydrogens is 355 g/mol. The Morgan fingerprint density at radius 2 is 1.85 bits per heavy atom. The van der Waals surface area contributed by atoms with Gasteiger partial charge < -0.3 is 10.1 Å². The molecule has 6 heteroatoms. The number of benzene rings is 2. The van der Waals surface area contributed by atoms with Crippen LogP contribution in [0.5, 0.6) is 5.75 Å². The number of amides is 1. The summed E-state index contributed by atoms with van der Waals surface area (Å²) in [5.74, 6) is -0.362. The van der Waals surface area contributed by atoms with Gasteiger partial charge in [0.1, 0.15) is 5.75 Å². The zero-order valence-electron chi connectivity index (χ0n) is 15.1. The van der Waals surface area contributed by atoms with Crippen LogP contribution in [0, 0.1) is 0 Å². The number of nitrogens with one attached hydrogen (secondary N) is 1. The highest BCUT2D eigenvalue weighted by Crippen LogP contribution is 2.31. The summed E-state index contributed by atoms with van der Waals surface area (Å²) in [5, 5.41) is 2.83. The van der Waals surface area contributed by atoms with Gasteiger partial charge in [0.05, 0.1) is 11.6 Å². The lowest BCUT2D eigenvalue weighted by molar-refractivity contribution is -0.137. The second kappa shape index (κ2) is 8.03. The highest BCUT2D eigenvalue weighted by atomic mass is 19.4. The Morgan fingerprint density at radius 3 is 2.59 bits per heavy atom. The van der Waals surface area contributed by atoms with Gasteiger partial charge in [-0.2, -0.15) is 13.2 Å². The molecule has 0 saturated heterocycles. The van der Waals surface area contributed by atoms with Gasteiger partial charge in [0.25, 0.3) is 5.91 Å². The van der Waals surface area contributed by atoms with Crippen LogP contribution in [0.1, 0.15) is 48.1 Å². The number of rotatable bonds is 5. The van der Waals surface area contributed by atoms with E-state index in [9.17, 15) is 18.0 Å². The van der Waals surface area contributed by atoms with Gasteiger partial charge >= 0.3 is 6.18 Å². The lowest BCUT2D eigenvalue weighted by Crippen LogP contribution is -2.31. The fourth-order valence-electron chi connectivity index (χ4n) is 3.30. The molecule has 0 bridgehead atoms. The van der Waals surface area contributed by atoms with E-state index in [4.69, 9.17) is 4.74 Å². The van der Waals surface area contributed by atoms with Crippen LogP contribution >= 0.6 is 0 Å². The van der Waals surface area contributed by atoms with Crippen molar-refractivity contribution in [1.82, 2.24) is 5.32 Å². The number of carbonyl (C=O) groups excluding carboxylic acids is 1. The second-order valence-electron chi connectivity index (χ2n) is 6.84. The molecule has 1 atom stereocenters. The van der Waals surface area contributed by atoms with E-state index in [1.807, 2.05) is 13.0 Å². The minimum Gasteiger partial charge on any atom is -0.484 e. The molecule has 3 rings (SSSR count). The lowest BCUT2D eigenvalue weighted by Gasteiger charge is -2.20. The van der Waals surface area contributed by atoms with E-state index in [2.05, 4.69) is 17.4 Å². The molecular formula is C21H22F3NO2. The highest BCUT2D eigenvalue weighted by Gasteiger charge is 2.30. The summed E-state index contributed by atoms with van der Waals surface area (Å²) in [4.78, 5) is 12.1. The molecule has 2 aromatic rings. The van der Waals surface area contributed by atoms with Crippen LogP contribution in [0.25, 0.3) is 0 Å². The number of hydrogen-bond donors (Lipinski definition) is 1. The Bertz CT molecular complexity index is 817. The molecule has 0 aliphatic heterocycles. The van der Waals surface area contributed by atoms with Crippen LogP contribution in [-0.2, 0) is 23.8 Å². The Labute approximate surface area is 156 Å². The number of halogens is 3. The van der Waals surface area contributed by atoms with Gasteiger partial charge in [-0.15, -0.1) is 0 Å². The molecule has 1 aliphatic rings. The average molecular weight is 377 g/mol. The zero-order valence-corrected chi connectivity index (χ0v) is 15.1. The number of fused-ring (bicyclic) bond motifs is 1.